The van der Waals surface area contributed by atoms with E-state index in [4.69, 9.17) is 0 Å². The lowest BCUT2D eigenvalue weighted by Gasteiger charge is -2.34. The molecule has 1 unspecified atom stereocenters. The minimum Gasteiger partial charge on any atom is -0.310 e. The van der Waals surface area contributed by atoms with Crippen LogP contribution < -0.4 is 4.90 Å². The molecule has 0 saturated heterocycles. The maximum Gasteiger partial charge on any atom is 0.0726 e. The number of fused-ring (bicyclic) bond motifs is 16. The third kappa shape index (κ3) is 6.31. The molecule has 10 aromatic rings. The van der Waals surface area contributed by atoms with E-state index in [9.17, 15) is 0 Å². The number of nitrogens with zero attached hydrogens (tertiary/aromatic N) is 1. The molecule has 0 radical (unpaired) electrons. The molecule has 1 heteroatoms. The summed E-state index contributed by atoms with van der Waals surface area (Å²) in [4.78, 5) is 2.54. The van der Waals surface area contributed by atoms with Crippen molar-refractivity contribution in [1.29, 1.82) is 0 Å². The van der Waals surface area contributed by atoms with Gasteiger partial charge in [0.2, 0.25) is 0 Å². The summed E-state index contributed by atoms with van der Waals surface area (Å²) in [7, 11) is 0. The molecule has 0 amide bonds. The smallest absolute Gasteiger partial charge is 0.0726 e. The van der Waals surface area contributed by atoms with Crippen LogP contribution in [0.25, 0.3) is 55.6 Å². The quantitative estimate of drug-likeness (QED) is 0.166. The SMILES string of the molecule is CC(C)(C)c1ccc2c(c1)C1(c3ccccc3-c3ccc(N(c4ccc(-c5cccc6c5C(C)(C)c5ccccc5-6)cc4)c4ccc5c(c4)C(C)(c4ccccc4)c4ccccc4-5)cc31)c1cc(C(C)(C)C)ccc1-2. The molecule has 0 heterocycles. The summed E-state index contributed by atoms with van der Waals surface area (Å²) in [6.07, 6.45) is 0. The fourth-order valence-corrected chi connectivity index (χ4v) is 14.3. The molecular formula is C74H63N. The topological polar surface area (TPSA) is 3.24 Å². The van der Waals surface area contributed by atoms with Gasteiger partial charge >= 0.3 is 0 Å². The first kappa shape index (κ1) is 45.6. The van der Waals surface area contributed by atoms with Gasteiger partial charge in [-0.3, -0.25) is 0 Å². The first-order valence-corrected chi connectivity index (χ1v) is 27.1. The summed E-state index contributed by atoms with van der Waals surface area (Å²) in [6.45, 7) is 21.3. The van der Waals surface area contributed by atoms with E-state index in [0.29, 0.717) is 0 Å². The molecule has 1 nitrogen and oxygen atoms in total. The Hall–Kier alpha value is -8.00. The zero-order valence-corrected chi connectivity index (χ0v) is 44.7. The van der Waals surface area contributed by atoms with Gasteiger partial charge in [-0.05, 0) is 171 Å². The van der Waals surface area contributed by atoms with Crippen molar-refractivity contribution in [1.82, 2.24) is 0 Å². The van der Waals surface area contributed by atoms with E-state index in [-0.39, 0.29) is 21.7 Å². The van der Waals surface area contributed by atoms with Crippen molar-refractivity contribution in [3.05, 3.63) is 280 Å². The highest BCUT2D eigenvalue weighted by Crippen LogP contribution is 2.65. The average molecular weight is 966 g/mol. The molecule has 4 aliphatic carbocycles. The number of hydrogen-bond donors (Lipinski definition) is 0. The molecule has 0 saturated carbocycles. The lowest BCUT2D eigenvalue weighted by molar-refractivity contribution is 0.586. The maximum absolute atomic E-state index is 2.57. The average Bonchev–Trinajstić information content (AvgIpc) is 4.11. The Balaban J connectivity index is 1.01. The Morgan fingerprint density at radius 2 is 0.720 bits per heavy atom. The van der Waals surface area contributed by atoms with E-state index in [1.54, 1.807) is 0 Å². The summed E-state index contributed by atoms with van der Waals surface area (Å²) >= 11 is 0. The normalized spacial score (nSPS) is 16.6. The van der Waals surface area contributed by atoms with Crippen LogP contribution >= 0.6 is 0 Å². The monoisotopic (exact) mass is 965 g/mol. The van der Waals surface area contributed by atoms with E-state index in [1.165, 1.54) is 117 Å². The third-order valence-electron chi connectivity index (χ3n) is 18.1. The number of rotatable bonds is 5. The van der Waals surface area contributed by atoms with Gasteiger partial charge < -0.3 is 4.90 Å². The molecular weight excluding hydrogens is 903 g/mol. The molecule has 10 aromatic carbocycles. The van der Waals surface area contributed by atoms with Crippen molar-refractivity contribution < 1.29 is 0 Å². The van der Waals surface area contributed by atoms with Crippen molar-refractivity contribution in [2.24, 2.45) is 0 Å². The minimum atomic E-state index is -0.534. The van der Waals surface area contributed by atoms with Crippen molar-refractivity contribution >= 4 is 17.1 Å². The Bertz CT molecular complexity index is 3940. The Morgan fingerprint density at radius 3 is 1.31 bits per heavy atom. The van der Waals surface area contributed by atoms with Crippen molar-refractivity contribution in [2.45, 2.75) is 89.4 Å². The second-order valence-corrected chi connectivity index (χ2v) is 24.6. The third-order valence-corrected chi connectivity index (χ3v) is 18.1. The van der Waals surface area contributed by atoms with Gasteiger partial charge in [0.05, 0.1) is 5.41 Å². The fourth-order valence-electron chi connectivity index (χ4n) is 14.3. The van der Waals surface area contributed by atoms with Crippen LogP contribution in [0.1, 0.15) is 124 Å². The summed E-state index contributed by atoms with van der Waals surface area (Å²) in [6, 6.07) is 84.1. The van der Waals surface area contributed by atoms with Crippen LogP contribution in [0.3, 0.4) is 0 Å². The predicted octanol–water partition coefficient (Wildman–Crippen LogP) is 19.4. The zero-order chi connectivity index (χ0) is 51.4. The van der Waals surface area contributed by atoms with Crippen LogP contribution in [0, 0.1) is 0 Å². The van der Waals surface area contributed by atoms with Gasteiger partial charge in [-0.15, -0.1) is 0 Å². The Morgan fingerprint density at radius 1 is 0.307 bits per heavy atom. The highest BCUT2D eigenvalue weighted by Gasteiger charge is 2.53. The van der Waals surface area contributed by atoms with Gasteiger partial charge in [-0.2, -0.15) is 0 Å². The number of benzene rings is 10. The zero-order valence-electron chi connectivity index (χ0n) is 44.7. The van der Waals surface area contributed by atoms with Gasteiger partial charge in [0, 0.05) is 27.9 Å². The van der Waals surface area contributed by atoms with E-state index in [0.717, 1.165) is 17.1 Å². The molecule has 75 heavy (non-hydrogen) atoms. The van der Waals surface area contributed by atoms with E-state index >= 15 is 0 Å². The minimum absolute atomic E-state index is 0.0334. The Labute approximate surface area is 444 Å². The molecule has 0 aliphatic heterocycles. The largest absolute Gasteiger partial charge is 0.310 e. The van der Waals surface area contributed by atoms with Gasteiger partial charge in [-0.1, -0.05) is 237 Å². The molecule has 364 valence electrons. The molecule has 14 rings (SSSR count). The lowest BCUT2D eigenvalue weighted by atomic mass is 9.68. The molecule has 1 atom stereocenters. The van der Waals surface area contributed by atoms with Gasteiger partial charge in [0.15, 0.2) is 0 Å². The molecule has 0 fully saturated rings. The first-order chi connectivity index (χ1) is 36.1. The summed E-state index contributed by atoms with van der Waals surface area (Å²) < 4.78 is 0. The Kier molecular flexibility index (Phi) is 9.58. The van der Waals surface area contributed by atoms with Crippen molar-refractivity contribution in [2.75, 3.05) is 4.90 Å². The second-order valence-electron chi connectivity index (χ2n) is 24.6. The van der Waals surface area contributed by atoms with Crippen LogP contribution in [-0.4, -0.2) is 0 Å². The molecule has 1 spiro atoms. The molecule has 0 N–H and O–H groups in total. The predicted molar refractivity (Wildman–Crippen MR) is 315 cm³/mol. The van der Waals surface area contributed by atoms with Crippen LogP contribution in [0.4, 0.5) is 17.1 Å². The molecule has 0 bridgehead atoms. The summed E-state index contributed by atoms with van der Waals surface area (Å²) in [5.41, 5.74) is 30.3. The number of anilines is 3. The number of hydrogen-bond acceptors (Lipinski definition) is 1. The molecule has 0 aromatic heterocycles. The highest BCUT2D eigenvalue weighted by molar-refractivity contribution is 5.97. The first-order valence-electron chi connectivity index (χ1n) is 27.1. The van der Waals surface area contributed by atoms with E-state index < -0.39 is 5.41 Å². The fraction of sp³-hybridized carbons (Fsp3) is 0.189. The van der Waals surface area contributed by atoms with Crippen LogP contribution in [-0.2, 0) is 27.1 Å². The van der Waals surface area contributed by atoms with Crippen LogP contribution in [0.2, 0.25) is 0 Å². The van der Waals surface area contributed by atoms with Crippen molar-refractivity contribution in [3.63, 3.8) is 0 Å². The standard InChI is InChI=1S/C74H63N/c1-70(2,3)48-32-38-58-59-39-33-49(71(4,5)6)43-67(59)74(66(58)42-48)64-29-18-15-23-55(64)60-41-37-52(45-68(60)74)75(51-36-40-57-54-22-14-17-28-63(54)73(9,65(57)44-51)47-20-11-10-12-21-47)50-34-30-46(31-35-50)53-25-19-26-61-56-24-13-16-27-62(56)72(7,8)69(53)61/h10-45H,1-9H3. The van der Waals surface area contributed by atoms with E-state index in [1.807, 2.05) is 0 Å². The van der Waals surface area contributed by atoms with Gasteiger partial charge in [-0.25, -0.2) is 0 Å². The van der Waals surface area contributed by atoms with Gasteiger partial charge in [0.25, 0.3) is 0 Å². The van der Waals surface area contributed by atoms with Crippen LogP contribution in [0.15, 0.2) is 218 Å². The van der Waals surface area contributed by atoms with E-state index in [2.05, 4.69) is 286 Å². The maximum atomic E-state index is 2.57. The van der Waals surface area contributed by atoms with Gasteiger partial charge in [0.1, 0.15) is 0 Å². The van der Waals surface area contributed by atoms with Crippen molar-refractivity contribution in [3.8, 4) is 55.6 Å². The highest BCUT2D eigenvalue weighted by atomic mass is 15.1. The summed E-state index contributed by atoms with van der Waals surface area (Å²) in [5, 5.41) is 0. The molecule has 4 aliphatic rings. The second kappa shape index (κ2) is 15.8. The van der Waals surface area contributed by atoms with Crippen LogP contribution in [0.5, 0.6) is 0 Å². The summed E-state index contributed by atoms with van der Waals surface area (Å²) in [5.74, 6) is 0. The lowest BCUT2D eigenvalue weighted by Crippen LogP contribution is -2.27.